The smallest absolute Gasteiger partial charge is 0.207 e. The molecule has 0 fully saturated rings. The van der Waals surface area contributed by atoms with Gasteiger partial charge in [0.2, 0.25) is 6.21 Å². The van der Waals surface area contributed by atoms with Crippen LogP contribution in [0.3, 0.4) is 0 Å². The van der Waals surface area contributed by atoms with Gasteiger partial charge in [0.25, 0.3) is 0 Å². The molecule has 3 nitrogen and oxygen atoms in total. The molecule has 3 heteroatoms. The summed E-state index contributed by atoms with van der Waals surface area (Å²) in [5.74, 6) is 0. The van der Waals surface area contributed by atoms with Crippen molar-refractivity contribution in [2.75, 3.05) is 0 Å². The van der Waals surface area contributed by atoms with Crippen LogP contribution < -0.4 is 5.43 Å². The summed E-state index contributed by atoms with van der Waals surface area (Å²) in [5.41, 5.74) is 2.42. The van der Waals surface area contributed by atoms with Crippen LogP contribution in [0.4, 0.5) is 0 Å². The van der Waals surface area contributed by atoms with E-state index in [4.69, 9.17) is 0 Å². The van der Waals surface area contributed by atoms with Gasteiger partial charge in [0.15, 0.2) is 0 Å². The van der Waals surface area contributed by atoms with Crippen molar-refractivity contribution in [1.29, 1.82) is 0 Å². The number of hydrazone groups is 1. The van der Waals surface area contributed by atoms with Crippen molar-refractivity contribution >= 4 is 6.21 Å². The molecule has 0 aromatic rings. The molecule has 1 heterocycles. The zero-order valence-electron chi connectivity index (χ0n) is 4.24. The van der Waals surface area contributed by atoms with Crippen LogP contribution in [0.1, 0.15) is 0 Å². The summed E-state index contributed by atoms with van der Waals surface area (Å²) in [6.07, 6.45) is 8.12. The highest BCUT2D eigenvalue weighted by molar-refractivity contribution is 5.66. The van der Waals surface area contributed by atoms with Crippen molar-refractivity contribution in [2.24, 2.45) is 0 Å². The second-order valence-corrected chi connectivity index (χ2v) is 1.35. The number of hydrogen-bond donors (Lipinski definition) is 1. The number of rotatable bonds is 0. The van der Waals surface area contributed by atoms with E-state index in [1.807, 2.05) is 0 Å². The monoisotopic (exact) mass is 110 g/mol. The molecule has 0 amide bonds. The fraction of sp³-hybridized carbons (Fsp3) is 0. The first-order chi connectivity index (χ1) is 3.89. The average Bonchev–Trinajstić information content (AvgIpc) is 1.94. The Labute approximate surface area is 47.2 Å². The van der Waals surface area contributed by atoms with Crippen LogP contribution in [-0.2, 0) is 0 Å². The highest BCUT2D eigenvalue weighted by atomic mass is 16.5. The van der Waals surface area contributed by atoms with Gasteiger partial charge in [-0.05, 0) is 6.08 Å². The van der Waals surface area contributed by atoms with Crippen LogP contribution in [0.2, 0.25) is 0 Å². The highest BCUT2D eigenvalue weighted by Gasteiger charge is 1.83. The molecule has 0 radical (unpaired) electrons. The normalized spacial score (nSPS) is 16.8. The molecule has 0 atom stereocenters. The lowest BCUT2D eigenvalue weighted by Gasteiger charge is -1.95. The predicted molar refractivity (Wildman–Crippen MR) is 31.1 cm³/mol. The number of hydrogen-bond acceptors (Lipinski definition) is 2. The van der Waals surface area contributed by atoms with Gasteiger partial charge in [-0.1, -0.05) is 10.9 Å². The maximum absolute atomic E-state index is 10.3. The molecule has 1 aliphatic heterocycles. The van der Waals surface area contributed by atoms with Gasteiger partial charge in [-0.2, -0.15) is 5.43 Å². The quantitative estimate of drug-likeness (QED) is 0.356. The van der Waals surface area contributed by atoms with Crippen LogP contribution in [0, 0.1) is 5.21 Å². The van der Waals surface area contributed by atoms with Crippen LogP contribution in [-0.4, -0.2) is 11.1 Å². The van der Waals surface area contributed by atoms with Crippen molar-refractivity contribution in [3.8, 4) is 0 Å². The Hall–Kier alpha value is -1.25. The molecule has 1 aliphatic rings. The molecule has 0 aliphatic carbocycles. The second kappa shape index (κ2) is 2.16. The Balaban J connectivity index is 2.69. The maximum Gasteiger partial charge on any atom is 0.207 e. The van der Waals surface area contributed by atoms with Gasteiger partial charge in [-0.15, -0.1) is 0 Å². The van der Waals surface area contributed by atoms with E-state index < -0.39 is 0 Å². The molecule has 42 valence electrons. The first-order valence-corrected chi connectivity index (χ1v) is 2.29. The summed E-state index contributed by atoms with van der Waals surface area (Å²) >= 11 is 0. The van der Waals surface area contributed by atoms with E-state index in [2.05, 4.69) is 5.43 Å². The lowest BCUT2D eigenvalue weighted by molar-refractivity contribution is -0.505. The molecule has 0 aromatic carbocycles. The average molecular weight is 110 g/mol. The molecule has 0 saturated carbocycles. The van der Waals surface area contributed by atoms with Crippen LogP contribution >= 0.6 is 0 Å². The third-order valence-electron chi connectivity index (χ3n) is 0.742. The van der Waals surface area contributed by atoms with Gasteiger partial charge in [-0.3, -0.25) is 0 Å². The molecular weight excluding hydrogens is 104 g/mol. The fourth-order valence-corrected chi connectivity index (χ4v) is 0.407. The van der Waals surface area contributed by atoms with Gasteiger partial charge >= 0.3 is 0 Å². The van der Waals surface area contributed by atoms with Crippen molar-refractivity contribution in [3.63, 3.8) is 0 Å². The maximum atomic E-state index is 10.3. The van der Waals surface area contributed by atoms with Gasteiger partial charge in [0.05, 0.1) is 6.20 Å². The second-order valence-electron chi connectivity index (χ2n) is 1.35. The minimum Gasteiger partial charge on any atom is -0.596 e. The van der Waals surface area contributed by atoms with E-state index in [0.717, 1.165) is 0 Å². The predicted octanol–water partition coefficient (Wildman–Crippen LogP) is 0.156. The third kappa shape index (κ3) is 1.11. The lowest BCUT2D eigenvalue weighted by Crippen LogP contribution is -2.16. The van der Waals surface area contributed by atoms with Gasteiger partial charge < -0.3 is 5.21 Å². The fourth-order valence-electron chi connectivity index (χ4n) is 0.407. The minimum absolute atomic E-state index is 0.625. The van der Waals surface area contributed by atoms with Crippen LogP contribution in [0.25, 0.3) is 0 Å². The molecule has 8 heavy (non-hydrogen) atoms. The molecule has 0 spiro atoms. The molecule has 1 N–H and O–H groups in total. The highest BCUT2D eigenvalue weighted by Crippen LogP contribution is 1.76. The zero-order valence-corrected chi connectivity index (χ0v) is 4.24. The van der Waals surface area contributed by atoms with E-state index in [1.54, 1.807) is 24.4 Å². The molecule has 0 bridgehead atoms. The Morgan fingerprint density at radius 1 is 1.25 bits per heavy atom. The van der Waals surface area contributed by atoms with Gasteiger partial charge in [0, 0.05) is 6.08 Å². The minimum atomic E-state index is 0.625. The standard InChI is InChI=1S/C5H6N2O/c8-7-5-3-1-2-4-6-7/h1-6H. The summed E-state index contributed by atoms with van der Waals surface area (Å²) < 4.78 is 0. The van der Waals surface area contributed by atoms with Crippen molar-refractivity contribution < 1.29 is 4.85 Å². The van der Waals surface area contributed by atoms with Crippen LogP contribution in [0.15, 0.2) is 24.4 Å². The SMILES string of the molecule is [O-][N+]1=CC=CC=CN1. The Morgan fingerprint density at radius 3 is 3.00 bits per heavy atom. The summed E-state index contributed by atoms with van der Waals surface area (Å²) in [6.45, 7) is 0. The molecule has 0 aromatic heterocycles. The number of allylic oxidation sites excluding steroid dienone is 3. The largest absolute Gasteiger partial charge is 0.596 e. The van der Waals surface area contributed by atoms with E-state index >= 15 is 0 Å². The lowest BCUT2D eigenvalue weighted by atomic mass is 10.5. The molecular formula is C5H6N2O. The number of nitrogens with zero attached hydrogens (tertiary/aromatic N) is 1. The Morgan fingerprint density at radius 2 is 2.12 bits per heavy atom. The van der Waals surface area contributed by atoms with Crippen LogP contribution in [0.5, 0.6) is 0 Å². The first kappa shape index (κ1) is 4.90. The first-order valence-electron chi connectivity index (χ1n) is 2.29. The van der Waals surface area contributed by atoms with E-state index in [9.17, 15) is 5.21 Å². The van der Waals surface area contributed by atoms with E-state index in [0.29, 0.717) is 4.85 Å². The summed E-state index contributed by atoms with van der Waals surface area (Å²) in [5, 5.41) is 10.3. The summed E-state index contributed by atoms with van der Waals surface area (Å²) in [4.78, 5) is 0.625. The summed E-state index contributed by atoms with van der Waals surface area (Å²) in [6, 6.07) is 0. The van der Waals surface area contributed by atoms with E-state index in [-0.39, 0.29) is 0 Å². The molecule has 1 rings (SSSR count). The van der Waals surface area contributed by atoms with Crippen molar-refractivity contribution in [1.82, 2.24) is 5.43 Å². The van der Waals surface area contributed by atoms with E-state index in [1.165, 1.54) is 6.21 Å². The zero-order chi connectivity index (χ0) is 5.82. The summed E-state index contributed by atoms with van der Waals surface area (Å²) in [7, 11) is 0. The third-order valence-corrected chi connectivity index (χ3v) is 0.742. The van der Waals surface area contributed by atoms with Gasteiger partial charge in [0.1, 0.15) is 0 Å². The Bertz CT molecular complexity index is 158. The van der Waals surface area contributed by atoms with Crippen molar-refractivity contribution in [2.45, 2.75) is 0 Å². The van der Waals surface area contributed by atoms with Crippen molar-refractivity contribution in [3.05, 3.63) is 29.6 Å². The van der Waals surface area contributed by atoms with Gasteiger partial charge in [-0.25, -0.2) is 0 Å². The Kier molecular flexibility index (Phi) is 1.32. The topological polar surface area (TPSA) is 38.1 Å². The molecule has 0 unspecified atom stereocenters. The number of nitrogens with one attached hydrogen (secondary N) is 1. The molecule has 0 saturated heterocycles. The number of hydrazine groups is 1.